The normalized spacial score (nSPS) is 20.3. The third-order valence-corrected chi connectivity index (χ3v) is 4.07. The van der Waals surface area contributed by atoms with Crippen LogP contribution < -0.4 is 10.6 Å². The molecule has 3 amide bonds. The summed E-state index contributed by atoms with van der Waals surface area (Å²) in [6.45, 7) is 2.78. The molecular formula is C14H25N3O2. The Morgan fingerprint density at radius 2 is 1.53 bits per heavy atom. The number of nitrogens with zero attached hydrogens (tertiary/aromatic N) is 1. The van der Waals surface area contributed by atoms with E-state index >= 15 is 0 Å². The van der Waals surface area contributed by atoms with Crippen molar-refractivity contribution in [1.29, 1.82) is 0 Å². The average Bonchev–Trinajstić information content (AvgIpc) is 2.98. The minimum Gasteiger partial charge on any atom is -0.354 e. The molecule has 1 aliphatic carbocycles. The molecule has 2 aliphatic rings. The van der Waals surface area contributed by atoms with Crippen molar-refractivity contribution in [3.8, 4) is 0 Å². The summed E-state index contributed by atoms with van der Waals surface area (Å²) in [4.78, 5) is 25.4. The van der Waals surface area contributed by atoms with Gasteiger partial charge in [-0.25, -0.2) is 4.79 Å². The molecule has 0 spiro atoms. The largest absolute Gasteiger partial charge is 0.354 e. The molecule has 2 fully saturated rings. The summed E-state index contributed by atoms with van der Waals surface area (Å²) in [5.74, 6) is 0.359. The van der Waals surface area contributed by atoms with Gasteiger partial charge < -0.3 is 15.5 Å². The predicted molar refractivity (Wildman–Crippen MR) is 73.8 cm³/mol. The van der Waals surface area contributed by atoms with E-state index in [-0.39, 0.29) is 17.9 Å². The van der Waals surface area contributed by atoms with Crippen LogP contribution in [0.2, 0.25) is 0 Å². The van der Waals surface area contributed by atoms with E-state index in [1.165, 1.54) is 19.3 Å². The molecule has 0 atom stereocenters. The molecule has 1 saturated carbocycles. The first kappa shape index (κ1) is 14.2. The Morgan fingerprint density at radius 1 is 0.895 bits per heavy atom. The second kappa shape index (κ2) is 7.36. The van der Waals surface area contributed by atoms with E-state index in [9.17, 15) is 9.59 Å². The minimum atomic E-state index is 0.00409. The van der Waals surface area contributed by atoms with Crippen molar-refractivity contribution in [3.05, 3.63) is 0 Å². The van der Waals surface area contributed by atoms with Crippen LogP contribution in [0.15, 0.2) is 0 Å². The summed E-state index contributed by atoms with van der Waals surface area (Å²) in [7, 11) is 0. The zero-order valence-electron chi connectivity index (χ0n) is 11.6. The monoisotopic (exact) mass is 267 g/mol. The highest BCUT2D eigenvalue weighted by Crippen LogP contribution is 2.23. The number of hydrogen-bond donors (Lipinski definition) is 2. The van der Waals surface area contributed by atoms with Gasteiger partial charge in [0.2, 0.25) is 5.91 Å². The Kier molecular flexibility index (Phi) is 5.48. The van der Waals surface area contributed by atoms with Crippen molar-refractivity contribution in [2.75, 3.05) is 26.2 Å². The summed E-state index contributed by atoms with van der Waals surface area (Å²) in [6.07, 6.45) is 7.85. The van der Waals surface area contributed by atoms with E-state index < -0.39 is 0 Å². The van der Waals surface area contributed by atoms with Crippen molar-refractivity contribution >= 4 is 11.9 Å². The fourth-order valence-corrected chi connectivity index (χ4v) is 2.90. The quantitative estimate of drug-likeness (QED) is 0.758. The van der Waals surface area contributed by atoms with Gasteiger partial charge in [-0.2, -0.15) is 0 Å². The topological polar surface area (TPSA) is 61.4 Å². The van der Waals surface area contributed by atoms with Crippen LogP contribution in [0.25, 0.3) is 0 Å². The minimum absolute atomic E-state index is 0.00409. The maximum atomic E-state index is 11.9. The smallest absolute Gasteiger partial charge is 0.317 e. The van der Waals surface area contributed by atoms with Crippen molar-refractivity contribution in [2.24, 2.45) is 5.92 Å². The number of likely N-dealkylation sites (tertiary alicyclic amines) is 1. The van der Waals surface area contributed by atoms with Gasteiger partial charge in [0.15, 0.2) is 0 Å². The second-order valence-corrected chi connectivity index (χ2v) is 5.55. The first-order valence-corrected chi connectivity index (χ1v) is 7.58. The first-order chi connectivity index (χ1) is 9.27. The van der Waals surface area contributed by atoms with Crippen LogP contribution in [0.4, 0.5) is 4.79 Å². The van der Waals surface area contributed by atoms with E-state index in [0.717, 1.165) is 38.8 Å². The lowest BCUT2D eigenvalue weighted by Gasteiger charge is -2.21. The van der Waals surface area contributed by atoms with E-state index in [4.69, 9.17) is 0 Å². The molecular weight excluding hydrogens is 242 g/mol. The summed E-state index contributed by atoms with van der Waals surface area (Å²) in [5, 5.41) is 5.78. The van der Waals surface area contributed by atoms with Crippen LogP contribution in [0, 0.1) is 5.92 Å². The Morgan fingerprint density at radius 3 is 2.21 bits per heavy atom. The molecule has 0 unspecified atom stereocenters. The third-order valence-electron chi connectivity index (χ3n) is 4.07. The summed E-state index contributed by atoms with van der Waals surface area (Å²) in [5.41, 5.74) is 0. The molecule has 0 bridgehead atoms. The number of carbonyl (C=O) groups excluding carboxylic acids is 2. The van der Waals surface area contributed by atoms with Crippen LogP contribution in [-0.4, -0.2) is 43.0 Å². The van der Waals surface area contributed by atoms with Gasteiger partial charge in [-0.1, -0.05) is 19.3 Å². The van der Waals surface area contributed by atoms with Crippen molar-refractivity contribution in [1.82, 2.24) is 15.5 Å². The van der Waals surface area contributed by atoms with Crippen molar-refractivity contribution in [3.63, 3.8) is 0 Å². The standard InChI is InChI=1S/C14H25N3O2/c18-13(12-6-2-1-3-7-12)15-8-9-16-14(19)17-10-4-5-11-17/h12H,1-11H2,(H,15,18)(H,16,19). The van der Waals surface area contributed by atoms with Gasteiger partial charge in [0.25, 0.3) is 0 Å². The summed E-state index contributed by atoms with van der Waals surface area (Å²) >= 11 is 0. The van der Waals surface area contributed by atoms with E-state index in [0.29, 0.717) is 13.1 Å². The van der Waals surface area contributed by atoms with Crippen LogP contribution in [0.5, 0.6) is 0 Å². The van der Waals surface area contributed by atoms with Gasteiger partial charge in [-0.15, -0.1) is 0 Å². The summed E-state index contributed by atoms with van der Waals surface area (Å²) in [6, 6.07) is 0.00409. The molecule has 5 nitrogen and oxygen atoms in total. The highest BCUT2D eigenvalue weighted by molar-refractivity contribution is 5.78. The molecule has 0 aromatic carbocycles. The highest BCUT2D eigenvalue weighted by atomic mass is 16.2. The molecule has 5 heteroatoms. The fourth-order valence-electron chi connectivity index (χ4n) is 2.90. The second-order valence-electron chi connectivity index (χ2n) is 5.55. The first-order valence-electron chi connectivity index (χ1n) is 7.58. The Bertz CT molecular complexity index is 308. The van der Waals surface area contributed by atoms with Crippen molar-refractivity contribution < 1.29 is 9.59 Å². The highest BCUT2D eigenvalue weighted by Gasteiger charge is 2.21. The van der Waals surface area contributed by atoms with E-state index in [2.05, 4.69) is 10.6 Å². The Balaban J connectivity index is 1.55. The van der Waals surface area contributed by atoms with Crippen LogP contribution in [0.3, 0.4) is 0 Å². The van der Waals surface area contributed by atoms with Gasteiger partial charge in [-0.3, -0.25) is 4.79 Å². The predicted octanol–water partition coefficient (Wildman–Crippen LogP) is 1.49. The molecule has 0 aromatic heterocycles. The molecule has 0 aromatic rings. The van der Waals surface area contributed by atoms with Gasteiger partial charge in [-0.05, 0) is 25.7 Å². The number of urea groups is 1. The lowest BCUT2D eigenvalue weighted by Crippen LogP contribution is -2.42. The molecule has 108 valence electrons. The molecule has 1 aliphatic heterocycles. The lowest BCUT2D eigenvalue weighted by molar-refractivity contribution is -0.125. The fraction of sp³-hybridized carbons (Fsp3) is 0.857. The van der Waals surface area contributed by atoms with Gasteiger partial charge in [0.05, 0.1) is 0 Å². The number of nitrogens with one attached hydrogen (secondary N) is 2. The van der Waals surface area contributed by atoms with Gasteiger partial charge in [0, 0.05) is 32.1 Å². The zero-order chi connectivity index (χ0) is 13.5. The van der Waals surface area contributed by atoms with Crippen LogP contribution in [-0.2, 0) is 4.79 Å². The molecule has 19 heavy (non-hydrogen) atoms. The molecule has 1 saturated heterocycles. The molecule has 2 N–H and O–H groups in total. The zero-order valence-corrected chi connectivity index (χ0v) is 11.6. The van der Waals surface area contributed by atoms with E-state index in [1.54, 1.807) is 0 Å². The SMILES string of the molecule is O=C(NCCNC(=O)N1CCCC1)C1CCCCC1. The third kappa shape index (κ3) is 4.40. The Labute approximate surface area is 115 Å². The number of carbonyl (C=O) groups is 2. The molecule has 2 rings (SSSR count). The van der Waals surface area contributed by atoms with Crippen LogP contribution in [0.1, 0.15) is 44.9 Å². The number of amides is 3. The van der Waals surface area contributed by atoms with E-state index in [1.807, 2.05) is 4.90 Å². The van der Waals surface area contributed by atoms with Crippen LogP contribution >= 0.6 is 0 Å². The maximum Gasteiger partial charge on any atom is 0.317 e. The molecule has 0 radical (unpaired) electrons. The van der Waals surface area contributed by atoms with Gasteiger partial charge >= 0.3 is 6.03 Å². The average molecular weight is 267 g/mol. The summed E-state index contributed by atoms with van der Waals surface area (Å²) < 4.78 is 0. The van der Waals surface area contributed by atoms with Crippen molar-refractivity contribution in [2.45, 2.75) is 44.9 Å². The number of hydrogen-bond acceptors (Lipinski definition) is 2. The van der Waals surface area contributed by atoms with Gasteiger partial charge in [0.1, 0.15) is 0 Å². The lowest BCUT2D eigenvalue weighted by atomic mass is 9.89. The Hall–Kier alpha value is -1.26. The number of rotatable bonds is 4. The maximum absolute atomic E-state index is 11.9. The molecule has 1 heterocycles.